The monoisotopic (exact) mass is 422 g/mol. The predicted octanol–water partition coefficient (Wildman–Crippen LogP) is 2.85. The molecule has 152 valence electrons. The topological polar surface area (TPSA) is 120 Å². The molecule has 2 aromatic carbocycles. The standard InChI is InChI=1S/C21H18N4O4S/c1-25(17(20(27)28)11-14-5-3-2-4-6-14)18(26)13-30-21-24-23-19(29-21)16-9-7-15(12-22)8-10-16/h2-10,17H,11,13H2,1H3,(H,27,28)/t17-/m0/s1. The van der Waals surface area contributed by atoms with Crippen LogP contribution in [0, 0.1) is 11.3 Å². The van der Waals surface area contributed by atoms with E-state index in [0.717, 1.165) is 17.3 Å². The van der Waals surface area contributed by atoms with Crippen LogP contribution in [0.3, 0.4) is 0 Å². The molecule has 1 atom stereocenters. The van der Waals surface area contributed by atoms with Gasteiger partial charge < -0.3 is 14.4 Å². The second-order valence-corrected chi connectivity index (χ2v) is 7.33. The van der Waals surface area contributed by atoms with Gasteiger partial charge in [-0.2, -0.15) is 5.26 Å². The SMILES string of the molecule is CN(C(=O)CSc1nnc(-c2ccc(C#N)cc2)o1)[C@@H](Cc1ccccc1)C(=O)O. The van der Waals surface area contributed by atoms with Crippen molar-refractivity contribution in [2.24, 2.45) is 0 Å². The Morgan fingerprint density at radius 1 is 1.17 bits per heavy atom. The predicted molar refractivity (Wildman–Crippen MR) is 110 cm³/mol. The molecule has 8 nitrogen and oxygen atoms in total. The Kier molecular flexibility index (Phi) is 6.83. The van der Waals surface area contributed by atoms with Crippen LogP contribution >= 0.6 is 11.8 Å². The number of rotatable bonds is 8. The van der Waals surface area contributed by atoms with Gasteiger partial charge in [-0.25, -0.2) is 4.79 Å². The summed E-state index contributed by atoms with van der Waals surface area (Å²) in [5.74, 6) is -1.19. The Morgan fingerprint density at radius 2 is 1.87 bits per heavy atom. The van der Waals surface area contributed by atoms with E-state index in [2.05, 4.69) is 10.2 Å². The highest BCUT2D eigenvalue weighted by molar-refractivity contribution is 7.99. The molecule has 0 aliphatic rings. The molecule has 0 unspecified atom stereocenters. The quantitative estimate of drug-likeness (QED) is 0.550. The van der Waals surface area contributed by atoms with Gasteiger partial charge in [0.1, 0.15) is 6.04 Å². The fourth-order valence-corrected chi connectivity index (χ4v) is 3.39. The van der Waals surface area contributed by atoms with Crippen molar-refractivity contribution in [2.45, 2.75) is 17.7 Å². The van der Waals surface area contributed by atoms with Crippen molar-refractivity contribution in [3.63, 3.8) is 0 Å². The average Bonchev–Trinajstić information content (AvgIpc) is 3.25. The van der Waals surface area contributed by atoms with E-state index in [9.17, 15) is 14.7 Å². The normalized spacial score (nSPS) is 11.5. The number of benzene rings is 2. The van der Waals surface area contributed by atoms with Gasteiger partial charge in [-0.3, -0.25) is 4.79 Å². The molecule has 30 heavy (non-hydrogen) atoms. The number of hydrogen-bond donors (Lipinski definition) is 1. The van der Waals surface area contributed by atoms with E-state index in [1.54, 1.807) is 24.3 Å². The zero-order valence-corrected chi connectivity index (χ0v) is 16.9. The number of hydrogen-bond acceptors (Lipinski definition) is 7. The van der Waals surface area contributed by atoms with Crippen LogP contribution in [-0.2, 0) is 16.0 Å². The number of nitriles is 1. The molecule has 1 N–H and O–H groups in total. The van der Waals surface area contributed by atoms with Crippen molar-refractivity contribution < 1.29 is 19.1 Å². The Balaban J connectivity index is 1.60. The number of amides is 1. The first-order valence-electron chi connectivity index (χ1n) is 8.97. The number of thioether (sulfide) groups is 1. The maximum Gasteiger partial charge on any atom is 0.326 e. The number of aromatic nitrogens is 2. The van der Waals surface area contributed by atoms with Crippen molar-refractivity contribution in [3.05, 3.63) is 65.7 Å². The molecule has 0 radical (unpaired) electrons. The van der Waals surface area contributed by atoms with Gasteiger partial charge in [0, 0.05) is 19.0 Å². The zero-order valence-electron chi connectivity index (χ0n) is 16.1. The van der Waals surface area contributed by atoms with Gasteiger partial charge in [0.15, 0.2) is 0 Å². The zero-order chi connectivity index (χ0) is 21.5. The first-order chi connectivity index (χ1) is 14.5. The van der Waals surface area contributed by atoms with Crippen molar-refractivity contribution in [2.75, 3.05) is 12.8 Å². The summed E-state index contributed by atoms with van der Waals surface area (Å²) in [5.41, 5.74) is 2.01. The van der Waals surface area contributed by atoms with E-state index in [-0.39, 0.29) is 29.2 Å². The molecule has 0 saturated heterocycles. The van der Waals surface area contributed by atoms with Gasteiger partial charge >= 0.3 is 5.97 Å². The van der Waals surface area contributed by atoms with Crippen LogP contribution in [0.25, 0.3) is 11.5 Å². The second-order valence-electron chi connectivity index (χ2n) is 6.40. The number of aliphatic carboxylic acids is 1. The van der Waals surface area contributed by atoms with Crippen molar-refractivity contribution >= 4 is 23.6 Å². The molecule has 0 saturated carbocycles. The third-order valence-electron chi connectivity index (χ3n) is 4.40. The number of likely N-dealkylation sites (N-methyl/N-ethyl adjacent to an activating group) is 1. The molecule has 0 aliphatic carbocycles. The summed E-state index contributed by atoms with van der Waals surface area (Å²) >= 11 is 1.04. The molecular formula is C21H18N4O4S. The molecular weight excluding hydrogens is 404 g/mol. The first-order valence-corrected chi connectivity index (χ1v) is 9.95. The van der Waals surface area contributed by atoms with E-state index in [4.69, 9.17) is 9.68 Å². The molecule has 1 heterocycles. The Morgan fingerprint density at radius 3 is 2.50 bits per heavy atom. The van der Waals surface area contributed by atoms with E-state index in [0.29, 0.717) is 11.1 Å². The Hall–Kier alpha value is -3.64. The molecule has 0 fully saturated rings. The number of nitrogens with zero attached hydrogens (tertiary/aromatic N) is 4. The lowest BCUT2D eigenvalue weighted by Crippen LogP contribution is -2.44. The van der Waals surface area contributed by atoms with Crippen LogP contribution < -0.4 is 0 Å². The summed E-state index contributed by atoms with van der Waals surface area (Å²) in [6.45, 7) is 0. The summed E-state index contributed by atoms with van der Waals surface area (Å²) in [7, 11) is 1.47. The largest absolute Gasteiger partial charge is 0.480 e. The minimum absolute atomic E-state index is 0.0376. The summed E-state index contributed by atoms with van der Waals surface area (Å²) < 4.78 is 5.55. The lowest BCUT2D eigenvalue weighted by Gasteiger charge is -2.24. The van der Waals surface area contributed by atoms with Gasteiger partial charge in [-0.15, -0.1) is 10.2 Å². The highest BCUT2D eigenvalue weighted by Crippen LogP contribution is 2.24. The summed E-state index contributed by atoms with van der Waals surface area (Å²) in [5, 5.41) is 26.4. The Labute approximate surface area is 177 Å². The van der Waals surface area contributed by atoms with E-state index >= 15 is 0 Å². The van der Waals surface area contributed by atoms with Crippen LogP contribution in [-0.4, -0.2) is 50.9 Å². The molecule has 1 aromatic heterocycles. The summed E-state index contributed by atoms with van der Waals surface area (Å²) in [6, 6.07) is 16.9. The number of carbonyl (C=O) groups excluding carboxylic acids is 1. The highest BCUT2D eigenvalue weighted by Gasteiger charge is 2.27. The summed E-state index contributed by atoms with van der Waals surface area (Å²) in [6.07, 6.45) is 0.215. The molecule has 9 heteroatoms. The lowest BCUT2D eigenvalue weighted by molar-refractivity contribution is -0.148. The van der Waals surface area contributed by atoms with Gasteiger partial charge in [-0.05, 0) is 29.8 Å². The maximum atomic E-state index is 12.5. The van der Waals surface area contributed by atoms with Gasteiger partial charge in [0.25, 0.3) is 5.22 Å². The highest BCUT2D eigenvalue weighted by atomic mass is 32.2. The molecule has 0 spiro atoms. The second kappa shape index (κ2) is 9.71. The molecule has 1 amide bonds. The lowest BCUT2D eigenvalue weighted by atomic mass is 10.1. The minimum Gasteiger partial charge on any atom is -0.480 e. The van der Waals surface area contributed by atoms with Crippen LogP contribution in [0.2, 0.25) is 0 Å². The van der Waals surface area contributed by atoms with E-state index < -0.39 is 12.0 Å². The van der Waals surface area contributed by atoms with Gasteiger partial charge in [0.2, 0.25) is 11.8 Å². The third-order valence-corrected chi connectivity index (χ3v) is 5.21. The molecule has 3 rings (SSSR count). The van der Waals surface area contributed by atoms with Crippen LogP contribution in [0.15, 0.2) is 64.2 Å². The van der Waals surface area contributed by atoms with Gasteiger partial charge in [0.05, 0.1) is 17.4 Å². The fourth-order valence-electron chi connectivity index (χ4n) is 2.70. The number of carbonyl (C=O) groups is 2. The van der Waals surface area contributed by atoms with Crippen molar-refractivity contribution in [3.8, 4) is 17.5 Å². The third kappa shape index (κ3) is 5.24. The van der Waals surface area contributed by atoms with Crippen LogP contribution in [0.4, 0.5) is 0 Å². The minimum atomic E-state index is -1.07. The van der Waals surface area contributed by atoms with Crippen LogP contribution in [0.5, 0.6) is 0 Å². The molecule has 3 aromatic rings. The molecule has 0 aliphatic heterocycles. The molecule has 0 bridgehead atoms. The van der Waals surface area contributed by atoms with Crippen molar-refractivity contribution in [1.82, 2.24) is 15.1 Å². The van der Waals surface area contributed by atoms with Gasteiger partial charge in [-0.1, -0.05) is 42.1 Å². The summed E-state index contributed by atoms with van der Waals surface area (Å²) in [4.78, 5) is 25.4. The van der Waals surface area contributed by atoms with E-state index in [1.165, 1.54) is 11.9 Å². The van der Waals surface area contributed by atoms with Crippen molar-refractivity contribution in [1.29, 1.82) is 5.26 Å². The maximum absolute atomic E-state index is 12.5. The average molecular weight is 422 g/mol. The van der Waals surface area contributed by atoms with Crippen LogP contribution in [0.1, 0.15) is 11.1 Å². The Bertz CT molecular complexity index is 1060. The van der Waals surface area contributed by atoms with E-state index in [1.807, 2.05) is 36.4 Å². The smallest absolute Gasteiger partial charge is 0.326 e. The number of carboxylic acid groups (broad SMARTS) is 1. The fraction of sp³-hybridized carbons (Fsp3) is 0.190. The number of carboxylic acids is 1. The first kappa shape index (κ1) is 21.1.